The first-order chi connectivity index (χ1) is 11.9. The molecule has 0 saturated carbocycles. The van der Waals surface area contributed by atoms with E-state index in [0.717, 1.165) is 10.9 Å². The van der Waals surface area contributed by atoms with Crippen molar-refractivity contribution in [2.45, 2.75) is 38.8 Å². The Morgan fingerprint density at radius 1 is 1.52 bits per heavy atom. The molecule has 0 saturated heterocycles. The van der Waals surface area contributed by atoms with E-state index in [0.29, 0.717) is 17.7 Å². The Hall–Kier alpha value is -3.07. The number of nitrogens with zero attached hydrogens (tertiary/aromatic N) is 2. The summed E-state index contributed by atoms with van der Waals surface area (Å²) in [5.74, 6) is 2.81. The van der Waals surface area contributed by atoms with Crippen LogP contribution in [0.15, 0.2) is 35.6 Å². The van der Waals surface area contributed by atoms with Crippen molar-refractivity contribution >= 4 is 23.0 Å². The lowest BCUT2D eigenvalue weighted by molar-refractivity contribution is -0.129. The van der Waals surface area contributed by atoms with Gasteiger partial charge in [-0.05, 0) is 44.5 Å². The molecule has 2 aromatic rings. The molecule has 0 bridgehead atoms. The third kappa shape index (κ3) is 4.70. The number of ether oxygens (including phenoxy) is 1. The van der Waals surface area contributed by atoms with E-state index in [4.69, 9.17) is 16.4 Å². The number of carbonyl (C=O) groups excluding carboxylic acids is 1. The molecule has 1 aromatic carbocycles. The van der Waals surface area contributed by atoms with Gasteiger partial charge in [0.2, 0.25) is 0 Å². The molecule has 0 spiro atoms. The Balaban J connectivity index is 2.19. The third-order valence-electron chi connectivity index (χ3n) is 3.59. The number of nitrogens with one attached hydrogen (secondary N) is 1. The Morgan fingerprint density at radius 2 is 2.28 bits per heavy atom. The highest BCUT2D eigenvalue weighted by atomic mass is 16.5. The fraction of sp³-hybridized carbons (Fsp3) is 0.316. The van der Waals surface area contributed by atoms with Crippen molar-refractivity contribution in [1.82, 2.24) is 10.3 Å². The maximum atomic E-state index is 12.4. The molecule has 1 amide bonds. The van der Waals surface area contributed by atoms with Crippen LogP contribution >= 0.6 is 0 Å². The second kappa shape index (κ2) is 7.67. The van der Waals surface area contributed by atoms with Crippen LogP contribution in [0, 0.1) is 12.3 Å². The van der Waals surface area contributed by atoms with Crippen LogP contribution in [-0.4, -0.2) is 34.0 Å². The van der Waals surface area contributed by atoms with Crippen LogP contribution < -0.4 is 10.1 Å². The first kappa shape index (κ1) is 18.3. The van der Waals surface area contributed by atoms with E-state index in [9.17, 15) is 4.79 Å². The highest BCUT2D eigenvalue weighted by Gasteiger charge is 2.25. The minimum absolute atomic E-state index is 0.289. The molecular formula is C19H21N3O3. The van der Waals surface area contributed by atoms with E-state index < -0.39 is 11.6 Å². The zero-order valence-electron chi connectivity index (χ0n) is 14.5. The van der Waals surface area contributed by atoms with Gasteiger partial charge in [-0.25, -0.2) is 0 Å². The number of fused-ring (bicyclic) bond motifs is 1. The predicted molar refractivity (Wildman–Crippen MR) is 96.9 cm³/mol. The smallest absolute Gasteiger partial charge is 0.261 e. The number of terminal acetylenes is 1. The summed E-state index contributed by atoms with van der Waals surface area (Å²) in [6.45, 7) is 5.30. The standard InChI is InChI=1S/C19H21N3O3/c1-5-13-9-14-10-15(7-8-16(14)20-11-13)25-17(6-2)18(23)22-19(3,4)12-21-24/h1,7-12,17,24H,6H2,2-4H3,(H,22,23)/b21-12+. The van der Waals surface area contributed by atoms with E-state index in [-0.39, 0.29) is 5.91 Å². The van der Waals surface area contributed by atoms with Gasteiger partial charge in [-0.15, -0.1) is 6.42 Å². The Kier molecular flexibility index (Phi) is 5.60. The summed E-state index contributed by atoms with van der Waals surface area (Å²) in [5.41, 5.74) is 0.695. The molecule has 130 valence electrons. The van der Waals surface area contributed by atoms with Crippen LogP contribution in [0.4, 0.5) is 0 Å². The average Bonchev–Trinajstić information content (AvgIpc) is 2.58. The summed E-state index contributed by atoms with van der Waals surface area (Å²) in [4.78, 5) is 16.7. The van der Waals surface area contributed by atoms with E-state index in [1.165, 1.54) is 6.21 Å². The maximum Gasteiger partial charge on any atom is 0.261 e. The number of benzene rings is 1. The van der Waals surface area contributed by atoms with Crippen molar-refractivity contribution in [2.75, 3.05) is 0 Å². The molecule has 1 atom stereocenters. The zero-order valence-corrected chi connectivity index (χ0v) is 14.5. The van der Waals surface area contributed by atoms with E-state index in [2.05, 4.69) is 21.4 Å². The molecule has 0 aliphatic carbocycles. The largest absolute Gasteiger partial charge is 0.481 e. The number of oxime groups is 1. The lowest BCUT2D eigenvalue weighted by Crippen LogP contribution is -2.50. The van der Waals surface area contributed by atoms with Crippen LogP contribution in [0.2, 0.25) is 0 Å². The van der Waals surface area contributed by atoms with Crippen LogP contribution in [0.1, 0.15) is 32.8 Å². The monoisotopic (exact) mass is 339 g/mol. The van der Waals surface area contributed by atoms with Gasteiger partial charge in [-0.1, -0.05) is 18.0 Å². The Morgan fingerprint density at radius 3 is 2.92 bits per heavy atom. The van der Waals surface area contributed by atoms with Gasteiger partial charge in [0.15, 0.2) is 6.10 Å². The van der Waals surface area contributed by atoms with Crippen molar-refractivity contribution < 1.29 is 14.7 Å². The summed E-state index contributed by atoms with van der Waals surface area (Å²) in [6, 6.07) is 7.23. The summed E-state index contributed by atoms with van der Waals surface area (Å²) >= 11 is 0. The van der Waals surface area contributed by atoms with Crippen LogP contribution in [0.5, 0.6) is 5.75 Å². The SMILES string of the molecule is C#Cc1cnc2ccc(OC(CC)C(=O)NC(C)(C)/C=N/O)cc2c1. The Labute approximate surface area is 146 Å². The zero-order chi connectivity index (χ0) is 18.4. The minimum atomic E-state index is -0.780. The molecule has 0 aliphatic rings. The van der Waals surface area contributed by atoms with E-state index >= 15 is 0 Å². The van der Waals surface area contributed by atoms with Gasteiger partial charge in [0.05, 0.1) is 17.3 Å². The van der Waals surface area contributed by atoms with Crippen molar-refractivity contribution in [2.24, 2.45) is 5.16 Å². The summed E-state index contributed by atoms with van der Waals surface area (Å²) in [5, 5.41) is 15.2. The second-order valence-electron chi connectivity index (χ2n) is 6.19. The normalized spacial score (nSPS) is 12.7. The molecule has 0 fully saturated rings. The molecule has 2 rings (SSSR count). The number of hydrogen-bond acceptors (Lipinski definition) is 5. The minimum Gasteiger partial charge on any atom is -0.481 e. The second-order valence-corrected chi connectivity index (χ2v) is 6.19. The highest BCUT2D eigenvalue weighted by Crippen LogP contribution is 2.22. The number of rotatable bonds is 6. The fourth-order valence-electron chi connectivity index (χ4n) is 2.32. The van der Waals surface area contributed by atoms with Crippen molar-refractivity contribution in [1.29, 1.82) is 0 Å². The average molecular weight is 339 g/mol. The molecule has 0 aliphatic heterocycles. The van der Waals surface area contributed by atoms with E-state index in [1.54, 1.807) is 32.2 Å². The fourth-order valence-corrected chi connectivity index (χ4v) is 2.32. The Bertz CT molecular complexity index is 837. The van der Waals surface area contributed by atoms with Crippen LogP contribution in [-0.2, 0) is 4.79 Å². The van der Waals surface area contributed by atoms with Gasteiger partial charge in [0.25, 0.3) is 5.91 Å². The molecule has 1 unspecified atom stereocenters. The lowest BCUT2D eigenvalue weighted by atomic mass is 10.1. The highest BCUT2D eigenvalue weighted by molar-refractivity contribution is 5.86. The van der Waals surface area contributed by atoms with Crippen molar-refractivity contribution in [3.05, 3.63) is 36.0 Å². The summed E-state index contributed by atoms with van der Waals surface area (Å²) in [7, 11) is 0. The quantitative estimate of drug-likeness (QED) is 0.367. The molecule has 2 N–H and O–H groups in total. The molecule has 6 heteroatoms. The number of hydrogen-bond donors (Lipinski definition) is 2. The first-order valence-corrected chi connectivity index (χ1v) is 7.92. The maximum absolute atomic E-state index is 12.4. The number of pyridine rings is 1. The van der Waals surface area contributed by atoms with Gasteiger partial charge in [-0.3, -0.25) is 9.78 Å². The lowest BCUT2D eigenvalue weighted by Gasteiger charge is -2.24. The number of carbonyl (C=O) groups is 1. The van der Waals surface area contributed by atoms with Crippen LogP contribution in [0.3, 0.4) is 0 Å². The summed E-state index contributed by atoms with van der Waals surface area (Å²) < 4.78 is 5.83. The first-order valence-electron chi connectivity index (χ1n) is 7.92. The van der Waals surface area contributed by atoms with Gasteiger partial charge in [-0.2, -0.15) is 0 Å². The number of amides is 1. The van der Waals surface area contributed by atoms with Crippen LogP contribution in [0.25, 0.3) is 10.9 Å². The van der Waals surface area contributed by atoms with Gasteiger partial charge in [0, 0.05) is 17.1 Å². The molecule has 1 heterocycles. The van der Waals surface area contributed by atoms with E-state index in [1.807, 2.05) is 19.1 Å². The van der Waals surface area contributed by atoms with Gasteiger partial charge < -0.3 is 15.3 Å². The van der Waals surface area contributed by atoms with Gasteiger partial charge >= 0.3 is 0 Å². The topological polar surface area (TPSA) is 83.8 Å². The molecule has 1 aromatic heterocycles. The predicted octanol–water partition coefficient (Wildman–Crippen LogP) is 2.73. The van der Waals surface area contributed by atoms with Crippen molar-refractivity contribution in [3.63, 3.8) is 0 Å². The molecule has 25 heavy (non-hydrogen) atoms. The molecule has 6 nitrogen and oxygen atoms in total. The third-order valence-corrected chi connectivity index (χ3v) is 3.59. The van der Waals surface area contributed by atoms with Gasteiger partial charge in [0.1, 0.15) is 5.75 Å². The van der Waals surface area contributed by atoms with Crippen molar-refractivity contribution in [3.8, 4) is 18.1 Å². The summed E-state index contributed by atoms with van der Waals surface area (Å²) in [6.07, 6.45) is 8.10. The number of aromatic nitrogens is 1. The molecular weight excluding hydrogens is 318 g/mol. The molecule has 0 radical (unpaired) electrons.